The van der Waals surface area contributed by atoms with Gasteiger partial charge in [-0.05, 0) is 6.08 Å². The van der Waals surface area contributed by atoms with Crippen LogP contribution in [0.5, 0.6) is 0 Å². The predicted octanol–water partition coefficient (Wildman–Crippen LogP) is 2.08. The molecule has 1 unspecified atom stereocenters. The van der Waals surface area contributed by atoms with Crippen LogP contribution in [0, 0.1) is 0 Å². The maximum Gasteiger partial charge on any atom is 0.0804 e. The zero-order chi connectivity index (χ0) is 6.69. The van der Waals surface area contributed by atoms with Crippen LogP contribution in [0.15, 0.2) is 23.3 Å². The average Bonchev–Trinajstić information content (AvgIpc) is 1.88. The SMILES string of the molecule is COC1C=CC=C(Cl)C1. The zero-order valence-corrected chi connectivity index (χ0v) is 6.06. The Morgan fingerprint density at radius 1 is 1.78 bits per heavy atom. The van der Waals surface area contributed by atoms with Crippen molar-refractivity contribution in [3.63, 3.8) is 0 Å². The van der Waals surface area contributed by atoms with E-state index in [9.17, 15) is 0 Å². The number of allylic oxidation sites excluding steroid dienone is 2. The summed E-state index contributed by atoms with van der Waals surface area (Å²) in [6, 6.07) is 0. The largest absolute Gasteiger partial charge is 0.377 e. The second kappa shape index (κ2) is 3.04. The smallest absolute Gasteiger partial charge is 0.0804 e. The molecule has 2 heteroatoms. The summed E-state index contributed by atoms with van der Waals surface area (Å²) in [7, 11) is 1.69. The number of rotatable bonds is 1. The minimum atomic E-state index is 0.183. The molecule has 9 heavy (non-hydrogen) atoms. The molecule has 50 valence electrons. The molecule has 0 aromatic carbocycles. The molecule has 0 N–H and O–H groups in total. The van der Waals surface area contributed by atoms with Gasteiger partial charge >= 0.3 is 0 Å². The number of hydrogen-bond acceptors (Lipinski definition) is 1. The first-order chi connectivity index (χ1) is 4.33. The van der Waals surface area contributed by atoms with E-state index in [1.54, 1.807) is 7.11 Å². The number of ether oxygens (including phenoxy) is 1. The van der Waals surface area contributed by atoms with E-state index in [2.05, 4.69) is 0 Å². The van der Waals surface area contributed by atoms with Gasteiger partial charge in [-0.1, -0.05) is 23.8 Å². The maximum absolute atomic E-state index is 5.72. The van der Waals surface area contributed by atoms with Crippen molar-refractivity contribution in [2.45, 2.75) is 12.5 Å². The molecule has 0 bridgehead atoms. The van der Waals surface area contributed by atoms with E-state index in [1.165, 1.54) is 0 Å². The van der Waals surface area contributed by atoms with E-state index in [0.717, 1.165) is 11.5 Å². The van der Waals surface area contributed by atoms with Crippen molar-refractivity contribution in [2.75, 3.05) is 7.11 Å². The van der Waals surface area contributed by atoms with Gasteiger partial charge in [-0.25, -0.2) is 0 Å². The predicted molar refractivity (Wildman–Crippen MR) is 38.5 cm³/mol. The van der Waals surface area contributed by atoms with Crippen LogP contribution in [0.2, 0.25) is 0 Å². The topological polar surface area (TPSA) is 9.23 Å². The standard InChI is InChI=1S/C7H9ClO/c1-9-7-4-2-3-6(8)5-7/h2-4,7H,5H2,1H3. The lowest BCUT2D eigenvalue weighted by molar-refractivity contribution is 0.142. The third-order valence-corrected chi connectivity index (χ3v) is 1.58. The zero-order valence-electron chi connectivity index (χ0n) is 5.30. The molecule has 0 amide bonds. The highest BCUT2D eigenvalue weighted by Gasteiger charge is 2.06. The van der Waals surface area contributed by atoms with Gasteiger partial charge in [-0.15, -0.1) is 0 Å². The molecule has 1 aliphatic rings. The second-order valence-electron chi connectivity index (χ2n) is 1.98. The molecule has 0 saturated heterocycles. The van der Waals surface area contributed by atoms with Gasteiger partial charge in [0, 0.05) is 18.6 Å². The van der Waals surface area contributed by atoms with Crippen molar-refractivity contribution in [1.29, 1.82) is 0 Å². The molecule has 0 fully saturated rings. The first-order valence-corrected chi connectivity index (χ1v) is 3.26. The fourth-order valence-corrected chi connectivity index (χ4v) is 0.999. The van der Waals surface area contributed by atoms with Gasteiger partial charge in [0.05, 0.1) is 6.10 Å². The van der Waals surface area contributed by atoms with E-state index in [1.807, 2.05) is 18.2 Å². The molecule has 0 saturated carbocycles. The van der Waals surface area contributed by atoms with Gasteiger partial charge in [0.2, 0.25) is 0 Å². The molecule has 1 aliphatic carbocycles. The summed E-state index contributed by atoms with van der Waals surface area (Å²) in [5.74, 6) is 0. The van der Waals surface area contributed by atoms with Crippen LogP contribution in [-0.4, -0.2) is 13.2 Å². The quantitative estimate of drug-likeness (QED) is 0.548. The summed E-state index contributed by atoms with van der Waals surface area (Å²) in [5, 5.41) is 0.865. The Morgan fingerprint density at radius 3 is 3.00 bits per heavy atom. The van der Waals surface area contributed by atoms with Crippen molar-refractivity contribution >= 4 is 11.6 Å². The first kappa shape index (κ1) is 6.84. The number of hydrogen-bond donors (Lipinski definition) is 0. The lowest BCUT2D eigenvalue weighted by Crippen LogP contribution is -2.08. The summed E-state index contributed by atoms with van der Waals surface area (Å²) >= 11 is 5.72. The maximum atomic E-state index is 5.72. The lowest BCUT2D eigenvalue weighted by Gasteiger charge is -2.12. The van der Waals surface area contributed by atoms with Gasteiger partial charge in [0.1, 0.15) is 0 Å². The molecule has 0 radical (unpaired) electrons. The molecule has 0 aromatic heterocycles. The van der Waals surface area contributed by atoms with Crippen LogP contribution >= 0.6 is 11.6 Å². The highest BCUT2D eigenvalue weighted by Crippen LogP contribution is 2.17. The van der Waals surface area contributed by atoms with E-state index < -0.39 is 0 Å². The monoisotopic (exact) mass is 144 g/mol. The molecular formula is C7H9ClO. The van der Waals surface area contributed by atoms with Gasteiger partial charge < -0.3 is 4.74 Å². The van der Waals surface area contributed by atoms with Crippen molar-refractivity contribution in [3.05, 3.63) is 23.3 Å². The first-order valence-electron chi connectivity index (χ1n) is 2.88. The van der Waals surface area contributed by atoms with Gasteiger partial charge in [-0.2, -0.15) is 0 Å². The van der Waals surface area contributed by atoms with Crippen LogP contribution in [-0.2, 0) is 4.74 Å². The van der Waals surface area contributed by atoms with E-state index in [-0.39, 0.29) is 6.10 Å². The second-order valence-corrected chi connectivity index (χ2v) is 2.46. The van der Waals surface area contributed by atoms with Crippen LogP contribution in [0.3, 0.4) is 0 Å². The third-order valence-electron chi connectivity index (χ3n) is 1.30. The van der Waals surface area contributed by atoms with E-state index in [0.29, 0.717) is 0 Å². The Labute approximate surface area is 60.0 Å². The molecule has 0 aliphatic heterocycles. The third kappa shape index (κ3) is 1.84. The number of halogens is 1. The van der Waals surface area contributed by atoms with Gasteiger partial charge in [0.15, 0.2) is 0 Å². The molecule has 1 atom stereocenters. The highest BCUT2D eigenvalue weighted by molar-refractivity contribution is 6.29. The minimum absolute atomic E-state index is 0.183. The van der Waals surface area contributed by atoms with Crippen LogP contribution < -0.4 is 0 Å². The van der Waals surface area contributed by atoms with Crippen LogP contribution in [0.25, 0.3) is 0 Å². The van der Waals surface area contributed by atoms with Crippen LogP contribution in [0.1, 0.15) is 6.42 Å². The van der Waals surface area contributed by atoms with Gasteiger partial charge in [0.25, 0.3) is 0 Å². The van der Waals surface area contributed by atoms with Crippen molar-refractivity contribution in [3.8, 4) is 0 Å². The summed E-state index contributed by atoms with van der Waals surface area (Å²) in [6.45, 7) is 0. The summed E-state index contributed by atoms with van der Waals surface area (Å²) in [5.41, 5.74) is 0. The van der Waals surface area contributed by atoms with Crippen molar-refractivity contribution in [1.82, 2.24) is 0 Å². The van der Waals surface area contributed by atoms with Crippen LogP contribution in [0.4, 0.5) is 0 Å². The Balaban J connectivity index is 2.51. The molecule has 0 spiro atoms. The van der Waals surface area contributed by atoms with Crippen molar-refractivity contribution in [2.24, 2.45) is 0 Å². The summed E-state index contributed by atoms with van der Waals surface area (Å²) < 4.78 is 5.05. The summed E-state index contributed by atoms with van der Waals surface area (Å²) in [4.78, 5) is 0. The molecule has 1 rings (SSSR count). The molecule has 0 aromatic rings. The molecule has 1 nitrogen and oxygen atoms in total. The fourth-order valence-electron chi connectivity index (χ4n) is 0.774. The summed E-state index contributed by atoms with van der Waals surface area (Å²) in [6.07, 6.45) is 6.79. The minimum Gasteiger partial charge on any atom is -0.377 e. The highest BCUT2D eigenvalue weighted by atomic mass is 35.5. The number of methoxy groups -OCH3 is 1. The molecule has 0 heterocycles. The Morgan fingerprint density at radius 2 is 2.56 bits per heavy atom. The Hall–Kier alpha value is -0.270. The Kier molecular flexibility index (Phi) is 2.31. The average molecular weight is 145 g/mol. The van der Waals surface area contributed by atoms with E-state index in [4.69, 9.17) is 16.3 Å². The fraction of sp³-hybridized carbons (Fsp3) is 0.429. The van der Waals surface area contributed by atoms with E-state index >= 15 is 0 Å². The Bertz CT molecular complexity index is 149. The van der Waals surface area contributed by atoms with Crippen molar-refractivity contribution < 1.29 is 4.74 Å². The lowest BCUT2D eigenvalue weighted by atomic mass is 10.1. The molecular weight excluding hydrogens is 136 g/mol. The normalized spacial score (nSPS) is 26.0. The van der Waals surface area contributed by atoms with Gasteiger partial charge in [-0.3, -0.25) is 0 Å².